The molecule has 3 aliphatic rings. The first kappa shape index (κ1) is 17.5. The van der Waals surface area contributed by atoms with E-state index in [1.165, 1.54) is 24.8 Å². The highest BCUT2D eigenvalue weighted by molar-refractivity contribution is 6.02. The average Bonchev–Trinajstić information content (AvgIpc) is 2.89. The van der Waals surface area contributed by atoms with Gasteiger partial charge in [-0.15, -0.1) is 0 Å². The van der Waals surface area contributed by atoms with Crippen LogP contribution in [-0.4, -0.2) is 5.78 Å². The summed E-state index contributed by atoms with van der Waals surface area (Å²) >= 11 is 0. The van der Waals surface area contributed by atoms with Crippen LogP contribution in [0, 0.1) is 24.2 Å². The molecule has 2 saturated carbocycles. The molecule has 2 fully saturated rings. The lowest BCUT2D eigenvalue weighted by molar-refractivity contribution is -0.127. The van der Waals surface area contributed by atoms with E-state index in [0.29, 0.717) is 23.5 Å². The van der Waals surface area contributed by atoms with E-state index in [1.54, 1.807) is 11.1 Å². The molecule has 1 aromatic carbocycles. The third-order valence-corrected chi connectivity index (χ3v) is 7.23. The minimum absolute atomic E-state index is 0.135. The maximum Gasteiger partial charge on any atom is 0.165 e. The molecule has 0 aromatic heterocycles. The molecule has 0 aliphatic heterocycles. The Morgan fingerprint density at radius 2 is 2.00 bits per heavy atom. The van der Waals surface area contributed by atoms with E-state index >= 15 is 0 Å². The van der Waals surface area contributed by atoms with E-state index in [0.717, 1.165) is 18.4 Å². The van der Waals surface area contributed by atoms with Crippen molar-refractivity contribution in [2.75, 3.05) is 0 Å². The zero-order chi connectivity index (χ0) is 18.3. The van der Waals surface area contributed by atoms with Crippen LogP contribution < -0.4 is 0 Å². The summed E-state index contributed by atoms with van der Waals surface area (Å²) in [5.41, 5.74) is 5.42. The Morgan fingerprint density at radius 3 is 2.81 bits per heavy atom. The highest BCUT2D eigenvalue weighted by atomic mass is 16.1. The zero-order valence-electron chi connectivity index (χ0n) is 16.3. The molecule has 0 N–H and O–H groups in total. The molecule has 0 radical (unpaired) electrons. The summed E-state index contributed by atoms with van der Waals surface area (Å²) in [7, 11) is 0. The third-order valence-electron chi connectivity index (χ3n) is 7.23. The molecular weight excluding hydrogens is 316 g/mol. The molecule has 1 nitrogen and oxygen atoms in total. The van der Waals surface area contributed by atoms with Crippen molar-refractivity contribution < 1.29 is 4.79 Å². The lowest BCUT2D eigenvalue weighted by Gasteiger charge is -2.48. The van der Waals surface area contributed by atoms with Crippen molar-refractivity contribution in [2.24, 2.45) is 17.3 Å². The minimum Gasteiger partial charge on any atom is -0.294 e. The Labute approximate surface area is 157 Å². The first-order valence-corrected chi connectivity index (χ1v) is 10.2. The normalized spacial score (nSPS) is 35.1. The molecule has 0 amide bonds. The lowest BCUT2D eigenvalue weighted by atomic mass is 9.55. The predicted molar refractivity (Wildman–Crippen MR) is 108 cm³/mol. The van der Waals surface area contributed by atoms with Gasteiger partial charge in [-0.3, -0.25) is 4.79 Å². The van der Waals surface area contributed by atoms with Gasteiger partial charge in [-0.25, -0.2) is 0 Å². The zero-order valence-corrected chi connectivity index (χ0v) is 16.3. The standard InChI is InChI=1S/C25H30O/c1-4-5-6-7-8-19-16-23-22-12-10-18-15-17(2)9-11-20(18)21(22)13-14-25(23,3)24(19)26/h4-9,11,15,21-23H,10,12-14,16H2,1-3H3/b5-4-,7-6+,19-8+/t21?,22?,23?,25-/m0/s1. The SMILES string of the molecule is C\C=C/C=C/C=C1\CC2C3CCc4cc(C)ccc4C3CC[C@]2(C)C1=O. The number of fused-ring (bicyclic) bond motifs is 5. The van der Waals surface area contributed by atoms with Crippen LogP contribution in [0.2, 0.25) is 0 Å². The van der Waals surface area contributed by atoms with Gasteiger partial charge < -0.3 is 0 Å². The molecule has 0 heterocycles. The van der Waals surface area contributed by atoms with Gasteiger partial charge in [-0.05, 0) is 80.4 Å². The minimum atomic E-state index is -0.135. The quantitative estimate of drug-likeness (QED) is 0.468. The molecule has 0 saturated heterocycles. The van der Waals surface area contributed by atoms with Crippen LogP contribution in [0.3, 0.4) is 0 Å². The fourth-order valence-electron chi connectivity index (χ4n) is 5.88. The van der Waals surface area contributed by atoms with Crippen molar-refractivity contribution in [1.82, 2.24) is 0 Å². The van der Waals surface area contributed by atoms with Gasteiger partial charge in [0.25, 0.3) is 0 Å². The van der Waals surface area contributed by atoms with Gasteiger partial charge in [-0.1, -0.05) is 61.1 Å². The molecule has 136 valence electrons. The second-order valence-electron chi connectivity index (χ2n) is 8.71. The van der Waals surface area contributed by atoms with Crippen molar-refractivity contribution in [1.29, 1.82) is 0 Å². The Bertz CT molecular complexity index is 809. The Balaban J connectivity index is 1.64. The van der Waals surface area contributed by atoms with Crippen LogP contribution in [0.15, 0.2) is 54.2 Å². The number of aryl methyl sites for hydroxylation is 2. The molecule has 26 heavy (non-hydrogen) atoms. The fraction of sp³-hybridized carbons (Fsp3) is 0.480. The van der Waals surface area contributed by atoms with E-state index in [2.05, 4.69) is 38.1 Å². The molecule has 1 heteroatoms. The topological polar surface area (TPSA) is 17.1 Å². The number of carbonyl (C=O) groups excluding carboxylic acids is 1. The molecule has 0 bridgehead atoms. The molecule has 4 rings (SSSR count). The van der Waals surface area contributed by atoms with E-state index in [9.17, 15) is 4.79 Å². The maximum atomic E-state index is 13.2. The van der Waals surface area contributed by atoms with Gasteiger partial charge in [0.05, 0.1) is 0 Å². The number of rotatable bonds is 2. The summed E-state index contributed by atoms with van der Waals surface area (Å²) in [5, 5.41) is 0. The van der Waals surface area contributed by atoms with Gasteiger partial charge in [0.2, 0.25) is 0 Å². The van der Waals surface area contributed by atoms with Gasteiger partial charge in [-0.2, -0.15) is 0 Å². The van der Waals surface area contributed by atoms with Gasteiger partial charge in [0.15, 0.2) is 5.78 Å². The fourth-order valence-corrected chi connectivity index (χ4v) is 5.88. The summed E-state index contributed by atoms with van der Waals surface area (Å²) in [6, 6.07) is 7.03. The Hall–Kier alpha value is -1.89. The highest BCUT2D eigenvalue weighted by Gasteiger charge is 2.56. The summed E-state index contributed by atoms with van der Waals surface area (Å²) < 4.78 is 0. The average molecular weight is 347 g/mol. The summed E-state index contributed by atoms with van der Waals surface area (Å²) in [5.74, 6) is 2.26. The van der Waals surface area contributed by atoms with Crippen molar-refractivity contribution in [3.63, 3.8) is 0 Å². The van der Waals surface area contributed by atoms with Crippen LogP contribution >= 0.6 is 0 Å². The Morgan fingerprint density at radius 1 is 1.15 bits per heavy atom. The summed E-state index contributed by atoms with van der Waals surface area (Å²) in [6.07, 6.45) is 15.8. The molecular formula is C25H30O. The van der Waals surface area contributed by atoms with Crippen molar-refractivity contribution in [3.05, 3.63) is 70.8 Å². The number of allylic oxidation sites excluding steroid dienone is 6. The van der Waals surface area contributed by atoms with E-state index in [4.69, 9.17) is 0 Å². The smallest absolute Gasteiger partial charge is 0.165 e. The van der Waals surface area contributed by atoms with Gasteiger partial charge in [0.1, 0.15) is 0 Å². The largest absolute Gasteiger partial charge is 0.294 e. The van der Waals surface area contributed by atoms with E-state index in [-0.39, 0.29) is 5.41 Å². The first-order valence-electron chi connectivity index (χ1n) is 10.2. The third kappa shape index (κ3) is 2.73. The maximum absolute atomic E-state index is 13.2. The van der Waals surface area contributed by atoms with Crippen LogP contribution in [0.25, 0.3) is 0 Å². The second-order valence-corrected chi connectivity index (χ2v) is 8.71. The summed E-state index contributed by atoms with van der Waals surface area (Å²) in [6.45, 7) is 6.45. The molecule has 1 aromatic rings. The van der Waals surface area contributed by atoms with Crippen LogP contribution in [0.5, 0.6) is 0 Å². The van der Waals surface area contributed by atoms with Crippen LogP contribution in [0.4, 0.5) is 0 Å². The van der Waals surface area contributed by atoms with Crippen LogP contribution in [-0.2, 0) is 11.2 Å². The number of benzene rings is 1. The van der Waals surface area contributed by atoms with E-state index in [1.807, 2.05) is 31.2 Å². The predicted octanol–water partition coefficient (Wildman–Crippen LogP) is 6.09. The first-order chi connectivity index (χ1) is 12.5. The number of hydrogen-bond donors (Lipinski definition) is 0. The Kier molecular flexibility index (Phi) is 4.50. The number of hydrogen-bond acceptors (Lipinski definition) is 1. The van der Waals surface area contributed by atoms with Crippen LogP contribution in [0.1, 0.15) is 62.1 Å². The van der Waals surface area contributed by atoms with Crippen molar-refractivity contribution >= 4 is 5.78 Å². The number of ketones is 1. The van der Waals surface area contributed by atoms with Crippen molar-refractivity contribution in [3.8, 4) is 0 Å². The van der Waals surface area contributed by atoms with E-state index < -0.39 is 0 Å². The second kappa shape index (κ2) is 6.68. The highest BCUT2D eigenvalue weighted by Crippen LogP contribution is 2.60. The van der Waals surface area contributed by atoms with Gasteiger partial charge in [0, 0.05) is 5.41 Å². The number of Topliss-reactive ketones (excluding diaryl/α,β-unsaturated/α-hetero) is 1. The molecule has 4 atom stereocenters. The molecule has 0 spiro atoms. The van der Waals surface area contributed by atoms with Gasteiger partial charge >= 0.3 is 0 Å². The van der Waals surface area contributed by atoms with Crippen molar-refractivity contribution in [2.45, 2.75) is 58.8 Å². The monoisotopic (exact) mass is 346 g/mol. The molecule has 3 unspecified atom stereocenters. The number of carbonyl (C=O) groups is 1. The summed E-state index contributed by atoms with van der Waals surface area (Å²) in [4.78, 5) is 13.2. The lowest BCUT2D eigenvalue weighted by Crippen LogP contribution is -2.42. The molecule has 3 aliphatic carbocycles.